The van der Waals surface area contributed by atoms with Crippen LogP contribution >= 0.6 is 27.5 Å². The number of hydrogen-bond acceptors (Lipinski definition) is 2. The summed E-state index contributed by atoms with van der Waals surface area (Å²) in [5, 5.41) is 4.31. The topological polar surface area (TPSA) is 15.3 Å². The molecule has 1 heterocycles. The molecule has 0 spiro atoms. The second kappa shape index (κ2) is 6.90. The highest BCUT2D eigenvalue weighted by atomic mass is 79.9. The molecule has 1 unspecified atom stereocenters. The summed E-state index contributed by atoms with van der Waals surface area (Å²) >= 11 is 9.76. The van der Waals surface area contributed by atoms with Gasteiger partial charge in [-0.15, -0.1) is 0 Å². The van der Waals surface area contributed by atoms with Crippen LogP contribution in [0.4, 0.5) is 0 Å². The first-order chi connectivity index (χ1) is 8.66. The maximum Gasteiger partial charge on any atom is 0.0451 e. The average molecular weight is 332 g/mol. The molecule has 0 aliphatic carbocycles. The van der Waals surface area contributed by atoms with E-state index in [9.17, 15) is 0 Å². The molecule has 0 bridgehead atoms. The van der Waals surface area contributed by atoms with Crippen LogP contribution < -0.4 is 5.32 Å². The van der Waals surface area contributed by atoms with Gasteiger partial charge in [-0.05, 0) is 63.2 Å². The van der Waals surface area contributed by atoms with Gasteiger partial charge in [0.25, 0.3) is 0 Å². The maximum atomic E-state index is 6.25. The molecule has 4 heteroatoms. The van der Waals surface area contributed by atoms with Crippen molar-refractivity contribution in [2.24, 2.45) is 0 Å². The Balaban J connectivity index is 2.00. The van der Waals surface area contributed by atoms with E-state index in [0.717, 1.165) is 29.1 Å². The van der Waals surface area contributed by atoms with Crippen molar-refractivity contribution in [2.45, 2.75) is 31.8 Å². The Labute approximate surface area is 123 Å². The molecule has 0 aromatic heterocycles. The monoisotopic (exact) mass is 330 g/mol. The second-order valence-electron chi connectivity index (χ2n) is 4.99. The Morgan fingerprint density at radius 1 is 1.39 bits per heavy atom. The van der Waals surface area contributed by atoms with Crippen LogP contribution in [0.25, 0.3) is 0 Å². The average Bonchev–Trinajstić information content (AvgIpc) is 2.62. The molecule has 2 rings (SSSR count). The number of nitrogens with zero attached hydrogens (tertiary/aromatic N) is 1. The highest BCUT2D eigenvalue weighted by Crippen LogP contribution is 2.23. The highest BCUT2D eigenvalue weighted by molar-refractivity contribution is 9.10. The van der Waals surface area contributed by atoms with Crippen LogP contribution in [0.3, 0.4) is 0 Å². The van der Waals surface area contributed by atoms with Gasteiger partial charge in [0, 0.05) is 22.1 Å². The van der Waals surface area contributed by atoms with Crippen LogP contribution in [0.1, 0.15) is 24.8 Å². The van der Waals surface area contributed by atoms with Gasteiger partial charge in [0.2, 0.25) is 0 Å². The zero-order valence-corrected chi connectivity index (χ0v) is 13.1. The minimum Gasteiger partial charge on any atom is -0.317 e. The van der Waals surface area contributed by atoms with Crippen LogP contribution in [0.15, 0.2) is 22.7 Å². The molecule has 1 N–H and O–H groups in total. The third-order valence-electron chi connectivity index (χ3n) is 3.60. The minimum absolute atomic E-state index is 0.662. The molecule has 18 heavy (non-hydrogen) atoms. The van der Waals surface area contributed by atoms with Gasteiger partial charge >= 0.3 is 0 Å². The molecule has 0 saturated carbocycles. The van der Waals surface area contributed by atoms with Crippen LogP contribution in [-0.2, 0) is 6.54 Å². The van der Waals surface area contributed by atoms with Gasteiger partial charge in [0.1, 0.15) is 0 Å². The Kier molecular flexibility index (Phi) is 5.49. The van der Waals surface area contributed by atoms with E-state index in [0.29, 0.717) is 6.04 Å². The van der Waals surface area contributed by atoms with Crippen molar-refractivity contribution >= 4 is 27.5 Å². The molecule has 1 aromatic rings. The van der Waals surface area contributed by atoms with Gasteiger partial charge in [-0.3, -0.25) is 4.90 Å². The molecular formula is C14H20BrClN2. The smallest absolute Gasteiger partial charge is 0.0451 e. The second-order valence-corrected chi connectivity index (χ2v) is 6.31. The predicted molar refractivity (Wildman–Crippen MR) is 81.1 cm³/mol. The summed E-state index contributed by atoms with van der Waals surface area (Å²) in [5.74, 6) is 0. The van der Waals surface area contributed by atoms with Crippen molar-refractivity contribution in [2.75, 3.05) is 20.1 Å². The highest BCUT2D eigenvalue weighted by Gasteiger charge is 2.17. The van der Waals surface area contributed by atoms with Crippen molar-refractivity contribution in [3.63, 3.8) is 0 Å². The van der Waals surface area contributed by atoms with Crippen LogP contribution in [0.2, 0.25) is 5.02 Å². The SMILES string of the molecule is CN(Cc1cc(Br)ccc1Cl)C1CCCNCC1. The van der Waals surface area contributed by atoms with Gasteiger partial charge in [-0.1, -0.05) is 27.5 Å². The summed E-state index contributed by atoms with van der Waals surface area (Å²) in [7, 11) is 2.20. The zero-order chi connectivity index (χ0) is 13.0. The lowest BCUT2D eigenvalue weighted by atomic mass is 10.1. The zero-order valence-electron chi connectivity index (χ0n) is 10.8. The van der Waals surface area contributed by atoms with Crippen molar-refractivity contribution < 1.29 is 0 Å². The first kappa shape index (κ1) is 14.3. The first-order valence-electron chi connectivity index (χ1n) is 6.51. The first-order valence-corrected chi connectivity index (χ1v) is 7.69. The third-order valence-corrected chi connectivity index (χ3v) is 4.46. The standard InChI is InChI=1S/C14H20BrClN2/c1-18(13-3-2-7-17-8-6-13)10-11-9-12(15)4-5-14(11)16/h4-5,9,13,17H,2-3,6-8,10H2,1H3. The van der Waals surface area contributed by atoms with Gasteiger partial charge in [0.15, 0.2) is 0 Å². The number of rotatable bonds is 3. The molecule has 1 aromatic carbocycles. The molecule has 1 aliphatic rings. The number of nitrogens with one attached hydrogen (secondary N) is 1. The lowest BCUT2D eigenvalue weighted by Crippen LogP contribution is -2.32. The van der Waals surface area contributed by atoms with Crippen LogP contribution in [-0.4, -0.2) is 31.1 Å². The van der Waals surface area contributed by atoms with E-state index in [1.165, 1.54) is 24.8 Å². The summed E-state index contributed by atoms with van der Waals surface area (Å²) in [4.78, 5) is 2.43. The molecular weight excluding hydrogens is 312 g/mol. The number of halogens is 2. The fourth-order valence-electron chi connectivity index (χ4n) is 2.50. The molecule has 0 amide bonds. The van der Waals surface area contributed by atoms with Crippen molar-refractivity contribution in [3.05, 3.63) is 33.3 Å². The van der Waals surface area contributed by atoms with Gasteiger partial charge < -0.3 is 5.32 Å². The molecule has 0 radical (unpaired) electrons. The van der Waals surface area contributed by atoms with Crippen LogP contribution in [0, 0.1) is 0 Å². The third kappa shape index (κ3) is 3.95. The van der Waals surface area contributed by atoms with Crippen molar-refractivity contribution in [1.29, 1.82) is 0 Å². The fourth-order valence-corrected chi connectivity index (χ4v) is 3.09. The molecule has 1 fully saturated rings. The number of hydrogen-bond donors (Lipinski definition) is 1. The van der Waals surface area contributed by atoms with Crippen LogP contribution in [0.5, 0.6) is 0 Å². The normalized spacial score (nSPS) is 21.0. The molecule has 100 valence electrons. The van der Waals surface area contributed by atoms with Crippen molar-refractivity contribution in [1.82, 2.24) is 10.2 Å². The van der Waals surface area contributed by atoms with E-state index in [1.54, 1.807) is 0 Å². The predicted octanol–water partition coefficient (Wildman–Crippen LogP) is 3.68. The largest absolute Gasteiger partial charge is 0.317 e. The molecule has 1 aliphatic heterocycles. The molecule has 2 nitrogen and oxygen atoms in total. The summed E-state index contributed by atoms with van der Waals surface area (Å²) in [6, 6.07) is 6.73. The molecule has 1 atom stereocenters. The summed E-state index contributed by atoms with van der Waals surface area (Å²) < 4.78 is 1.10. The fraction of sp³-hybridized carbons (Fsp3) is 0.571. The Bertz CT molecular complexity index is 389. The van der Waals surface area contributed by atoms with E-state index < -0.39 is 0 Å². The lowest BCUT2D eigenvalue weighted by molar-refractivity contribution is 0.216. The van der Waals surface area contributed by atoms with E-state index in [1.807, 2.05) is 12.1 Å². The quantitative estimate of drug-likeness (QED) is 0.909. The maximum absolute atomic E-state index is 6.25. The van der Waals surface area contributed by atoms with Gasteiger partial charge in [-0.2, -0.15) is 0 Å². The lowest BCUT2D eigenvalue weighted by Gasteiger charge is -2.27. The van der Waals surface area contributed by atoms with E-state index in [2.05, 4.69) is 39.3 Å². The summed E-state index contributed by atoms with van der Waals surface area (Å²) in [5.41, 5.74) is 1.20. The summed E-state index contributed by atoms with van der Waals surface area (Å²) in [6.07, 6.45) is 3.76. The van der Waals surface area contributed by atoms with Gasteiger partial charge in [0.05, 0.1) is 0 Å². The van der Waals surface area contributed by atoms with E-state index >= 15 is 0 Å². The Morgan fingerprint density at radius 2 is 2.22 bits per heavy atom. The van der Waals surface area contributed by atoms with Gasteiger partial charge in [-0.25, -0.2) is 0 Å². The van der Waals surface area contributed by atoms with Crippen molar-refractivity contribution in [3.8, 4) is 0 Å². The van der Waals surface area contributed by atoms with E-state index in [4.69, 9.17) is 11.6 Å². The Morgan fingerprint density at radius 3 is 3.06 bits per heavy atom. The number of benzene rings is 1. The minimum atomic E-state index is 0.662. The summed E-state index contributed by atoms with van der Waals surface area (Å²) in [6.45, 7) is 3.20. The molecule has 1 saturated heterocycles. The Hall–Kier alpha value is -0.0900. The van der Waals surface area contributed by atoms with E-state index in [-0.39, 0.29) is 0 Å².